The predicted octanol–water partition coefficient (Wildman–Crippen LogP) is 0.114. The number of fused-ring (bicyclic) bond motifs is 5. The molecule has 3 aliphatic carbocycles. The van der Waals surface area contributed by atoms with E-state index < -0.39 is 87.8 Å². The summed E-state index contributed by atoms with van der Waals surface area (Å²) >= 11 is 0. The summed E-state index contributed by atoms with van der Waals surface area (Å²) in [5.74, 6) is -3.11. The highest BCUT2D eigenvalue weighted by Crippen LogP contribution is 2.78. The number of Topliss-reactive ketones (excluding diaryl/α,β-unsaturated/α-hetero) is 2. The fourth-order valence-electron chi connectivity index (χ4n) is 6.79. The lowest BCUT2D eigenvalue weighted by Crippen LogP contribution is -2.49. The number of carbonyl (C=O) groups excluding carboxylic acids is 3. The van der Waals surface area contributed by atoms with Crippen LogP contribution in [0.5, 0.6) is 11.5 Å². The molecule has 3 fully saturated rings. The monoisotopic (exact) mass is 442 g/mol. The summed E-state index contributed by atoms with van der Waals surface area (Å²) < 4.78 is 16.8. The van der Waals surface area contributed by atoms with Crippen molar-refractivity contribution in [1.82, 2.24) is 0 Å². The van der Waals surface area contributed by atoms with Gasteiger partial charge in [-0.3, -0.25) is 14.4 Å². The molecule has 2 saturated heterocycles. The summed E-state index contributed by atoms with van der Waals surface area (Å²) in [7, 11) is 0. The van der Waals surface area contributed by atoms with Gasteiger partial charge >= 0.3 is 5.97 Å². The number of phenols is 2. The largest absolute Gasteiger partial charge is 0.507 e. The van der Waals surface area contributed by atoms with Crippen molar-refractivity contribution in [2.45, 2.75) is 62.5 Å². The van der Waals surface area contributed by atoms with Gasteiger partial charge < -0.3 is 34.6 Å². The third-order valence-electron chi connectivity index (χ3n) is 8.23. The Morgan fingerprint density at radius 2 is 1.62 bits per heavy atom. The lowest BCUT2D eigenvalue weighted by molar-refractivity contribution is -0.143. The van der Waals surface area contributed by atoms with E-state index in [0.29, 0.717) is 0 Å². The van der Waals surface area contributed by atoms with E-state index in [4.69, 9.17) is 14.2 Å². The quantitative estimate of drug-likeness (QED) is 0.321. The number of ether oxygens (including phenoxy) is 3. The normalized spacial score (nSPS) is 44.7. The number of aliphatic hydroxyl groups is 2. The molecular formula is C22H18O10. The first-order valence-electron chi connectivity index (χ1n) is 10.4. The van der Waals surface area contributed by atoms with Gasteiger partial charge in [-0.25, -0.2) is 0 Å². The maximum absolute atomic E-state index is 13.6. The summed E-state index contributed by atoms with van der Waals surface area (Å²) in [6.45, 7) is 3.14. The molecule has 166 valence electrons. The molecule has 4 N–H and O–H groups in total. The molecule has 5 unspecified atom stereocenters. The van der Waals surface area contributed by atoms with Crippen LogP contribution in [0.25, 0.3) is 0 Å². The number of aromatic hydroxyl groups is 2. The van der Waals surface area contributed by atoms with E-state index >= 15 is 0 Å². The van der Waals surface area contributed by atoms with Gasteiger partial charge in [0.1, 0.15) is 35.4 Å². The standard InChI is InChI=1S/C22H18O10/c1-4-8-11(18-6(30-4)3-7(23)32-18)15(25)9-10(14(8)24)17(27)13-12(16(9)26)19-21(13)20(28)22(21,29)5(2)31-19/h4-6,18-20,24-25,28-29H,3H2,1-2H3/t4-,5?,6-,18+,19?,20?,21?,22?/m0/s1. The van der Waals surface area contributed by atoms with Gasteiger partial charge in [0.25, 0.3) is 0 Å². The van der Waals surface area contributed by atoms with Crippen molar-refractivity contribution >= 4 is 17.5 Å². The Hall–Kier alpha value is -2.79. The summed E-state index contributed by atoms with van der Waals surface area (Å²) in [5, 5.41) is 43.7. The zero-order chi connectivity index (χ0) is 22.6. The number of phenolic OH excluding ortho intramolecular Hbond substituents is 2. The molecule has 0 amide bonds. The fourth-order valence-corrected chi connectivity index (χ4v) is 6.79. The first-order valence-corrected chi connectivity index (χ1v) is 10.4. The highest BCUT2D eigenvalue weighted by Gasteiger charge is 2.93. The highest BCUT2D eigenvalue weighted by atomic mass is 16.6. The Labute approximate surface area is 180 Å². The van der Waals surface area contributed by atoms with Gasteiger partial charge in [0.2, 0.25) is 0 Å². The second kappa shape index (κ2) is 5.07. The van der Waals surface area contributed by atoms with Gasteiger partial charge in [0.05, 0.1) is 35.2 Å². The Bertz CT molecular complexity index is 1260. The average Bonchev–Trinajstić information content (AvgIpc) is 2.95. The van der Waals surface area contributed by atoms with Crippen molar-refractivity contribution in [2.75, 3.05) is 0 Å². The molecule has 1 aromatic carbocycles. The van der Waals surface area contributed by atoms with Crippen molar-refractivity contribution < 1.29 is 49.0 Å². The average molecular weight is 442 g/mol. The zero-order valence-electron chi connectivity index (χ0n) is 16.9. The number of carbonyl (C=O) groups is 3. The second-order valence-corrected chi connectivity index (χ2v) is 9.41. The molecule has 0 aromatic heterocycles. The van der Waals surface area contributed by atoms with Crippen LogP contribution in [0.1, 0.15) is 64.3 Å². The van der Waals surface area contributed by atoms with Crippen molar-refractivity contribution in [1.29, 1.82) is 0 Å². The van der Waals surface area contributed by atoms with Crippen molar-refractivity contribution in [2.24, 2.45) is 5.41 Å². The molecular weight excluding hydrogens is 424 g/mol. The van der Waals surface area contributed by atoms with Gasteiger partial charge in [-0.15, -0.1) is 0 Å². The van der Waals surface area contributed by atoms with E-state index in [9.17, 15) is 34.8 Å². The van der Waals surface area contributed by atoms with E-state index in [1.807, 2.05) is 0 Å². The SMILES string of the molecule is CC1OC2C3=C(C(=O)c4c(O)c5c(c(O)c4C3=O)[C@@H]3OC(=O)C[C@@H]3O[C@H]5C)C23C(O)C13O. The van der Waals surface area contributed by atoms with Crippen molar-refractivity contribution in [3.8, 4) is 11.5 Å². The molecule has 1 spiro atoms. The van der Waals surface area contributed by atoms with Gasteiger partial charge in [-0.05, 0) is 13.8 Å². The molecule has 3 heterocycles. The Kier molecular flexibility index (Phi) is 2.97. The second-order valence-electron chi connectivity index (χ2n) is 9.41. The Morgan fingerprint density at radius 1 is 0.969 bits per heavy atom. The molecule has 1 aromatic rings. The molecule has 0 bridgehead atoms. The van der Waals surface area contributed by atoms with Crippen LogP contribution in [0, 0.1) is 5.41 Å². The lowest BCUT2D eigenvalue weighted by Gasteiger charge is -2.42. The maximum Gasteiger partial charge on any atom is 0.309 e. The van der Waals surface area contributed by atoms with Crippen LogP contribution in [0.15, 0.2) is 11.1 Å². The van der Waals surface area contributed by atoms with Crippen molar-refractivity contribution in [3.63, 3.8) is 0 Å². The summed E-state index contributed by atoms with van der Waals surface area (Å²) in [6, 6.07) is 0. The Morgan fingerprint density at radius 3 is 2.31 bits per heavy atom. The minimum absolute atomic E-state index is 0.0310. The van der Waals surface area contributed by atoms with E-state index in [2.05, 4.69) is 0 Å². The number of hydrogen-bond acceptors (Lipinski definition) is 10. The number of esters is 1. The van der Waals surface area contributed by atoms with Crippen LogP contribution in [-0.2, 0) is 19.0 Å². The summed E-state index contributed by atoms with van der Waals surface area (Å²) in [5.41, 5.74) is -3.90. The fraction of sp³-hybridized carbons (Fsp3) is 0.500. The molecule has 6 aliphatic rings. The van der Waals surface area contributed by atoms with Crippen molar-refractivity contribution in [3.05, 3.63) is 33.4 Å². The highest BCUT2D eigenvalue weighted by molar-refractivity contribution is 6.32. The van der Waals surface area contributed by atoms with Crippen LogP contribution in [-0.4, -0.2) is 68.0 Å². The van der Waals surface area contributed by atoms with Gasteiger partial charge in [0.15, 0.2) is 17.7 Å². The molecule has 32 heavy (non-hydrogen) atoms. The number of benzene rings is 1. The first kappa shape index (κ1) is 18.8. The Balaban J connectivity index is 1.47. The number of hydrogen-bond donors (Lipinski definition) is 4. The van der Waals surface area contributed by atoms with E-state index in [0.717, 1.165) is 0 Å². The van der Waals surface area contributed by atoms with Crippen LogP contribution in [0.3, 0.4) is 0 Å². The molecule has 10 nitrogen and oxygen atoms in total. The third-order valence-corrected chi connectivity index (χ3v) is 8.23. The van der Waals surface area contributed by atoms with Crippen LogP contribution in [0.4, 0.5) is 0 Å². The minimum Gasteiger partial charge on any atom is -0.507 e. The molecule has 8 atom stereocenters. The molecule has 0 radical (unpaired) electrons. The van der Waals surface area contributed by atoms with Crippen LogP contribution >= 0.6 is 0 Å². The van der Waals surface area contributed by atoms with E-state index in [1.54, 1.807) is 13.8 Å². The third kappa shape index (κ3) is 1.54. The van der Waals surface area contributed by atoms with Crippen LogP contribution in [0.2, 0.25) is 0 Å². The first-order chi connectivity index (χ1) is 15.1. The van der Waals surface area contributed by atoms with E-state index in [1.165, 1.54) is 0 Å². The number of aliphatic hydroxyl groups excluding tert-OH is 1. The number of rotatable bonds is 0. The molecule has 1 saturated carbocycles. The summed E-state index contributed by atoms with van der Waals surface area (Å²) in [4.78, 5) is 38.9. The molecule has 10 heteroatoms. The van der Waals surface area contributed by atoms with Gasteiger partial charge in [-0.2, -0.15) is 0 Å². The lowest BCUT2D eigenvalue weighted by atomic mass is 9.61. The molecule has 7 rings (SSSR count). The summed E-state index contributed by atoms with van der Waals surface area (Å²) in [6.07, 6.45) is -5.64. The topological polar surface area (TPSA) is 160 Å². The zero-order valence-corrected chi connectivity index (χ0v) is 16.9. The predicted molar refractivity (Wildman–Crippen MR) is 99.9 cm³/mol. The smallest absolute Gasteiger partial charge is 0.309 e. The van der Waals surface area contributed by atoms with Gasteiger partial charge in [-0.1, -0.05) is 0 Å². The minimum atomic E-state index is -1.70. The van der Waals surface area contributed by atoms with Crippen LogP contribution < -0.4 is 0 Å². The maximum atomic E-state index is 13.6. The van der Waals surface area contributed by atoms with E-state index in [-0.39, 0.29) is 28.7 Å². The number of ketones is 2. The van der Waals surface area contributed by atoms with Gasteiger partial charge in [0, 0.05) is 22.3 Å². The molecule has 3 aliphatic heterocycles.